The van der Waals surface area contributed by atoms with Crippen molar-refractivity contribution in [2.24, 2.45) is 0 Å². The summed E-state index contributed by atoms with van der Waals surface area (Å²) < 4.78 is 10.8. The maximum atomic E-state index is 12.1. The molecule has 0 saturated carbocycles. The SMILES string of the molecule is CC(C)(C)c1noc(CCC(=O)Nc2ccc(Oc3cnccn3)cc2)n1. The predicted molar refractivity (Wildman–Crippen MR) is 98.5 cm³/mol. The number of aromatic nitrogens is 4. The molecule has 0 atom stereocenters. The van der Waals surface area contributed by atoms with Crippen molar-refractivity contribution in [1.29, 1.82) is 0 Å². The molecule has 3 aromatic rings. The largest absolute Gasteiger partial charge is 0.438 e. The van der Waals surface area contributed by atoms with Crippen LogP contribution in [0.5, 0.6) is 11.6 Å². The molecule has 2 heterocycles. The molecule has 0 spiro atoms. The lowest BCUT2D eigenvalue weighted by Gasteiger charge is -2.10. The van der Waals surface area contributed by atoms with E-state index in [1.807, 2.05) is 20.8 Å². The maximum absolute atomic E-state index is 12.1. The average Bonchev–Trinajstić information content (AvgIpc) is 3.12. The van der Waals surface area contributed by atoms with E-state index in [0.29, 0.717) is 35.5 Å². The van der Waals surface area contributed by atoms with Gasteiger partial charge in [-0.15, -0.1) is 0 Å². The number of anilines is 1. The van der Waals surface area contributed by atoms with Gasteiger partial charge in [0.25, 0.3) is 0 Å². The second kappa shape index (κ2) is 7.94. The fourth-order valence-electron chi connectivity index (χ4n) is 2.17. The first-order chi connectivity index (χ1) is 12.9. The van der Waals surface area contributed by atoms with Crippen LogP contribution in [0.3, 0.4) is 0 Å². The van der Waals surface area contributed by atoms with Gasteiger partial charge in [-0.25, -0.2) is 4.98 Å². The molecular weight excluding hydrogens is 346 g/mol. The van der Waals surface area contributed by atoms with Crippen molar-refractivity contribution in [3.63, 3.8) is 0 Å². The Balaban J connectivity index is 1.50. The second-order valence-electron chi connectivity index (χ2n) is 6.98. The molecule has 0 unspecified atom stereocenters. The number of rotatable bonds is 6. The van der Waals surface area contributed by atoms with Crippen LogP contribution < -0.4 is 10.1 Å². The van der Waals surface area contributed by atoms with Gasteiger partial charge >= 0.3 is 0 Å². The van der Waals surface area contributed by atoms with Gasteiger partial charge in [-0.1, -0.05) is 25.9 Å². The summed E-state index contributed by atoms with van der Waals surface area (Å²) in [6.07, 6.45) is 5.30. The van der Waals surface area contributed by atoms with Crippen LogP contribution in [0.1, 0.15) is 38.9 Å². The first-order valence-electron chi connectivity index (χ1n) is 8.57. The van der Waals surface area contributed by atoms with Crippen molar-refractivity contribution < 1.29 is 14.1 Å². The minimum absolute atomic E-state index is 0.131. The Morgan fingerprint density at radius 3 is 2.59 bits per heavy atom. The molecule has 0 radical (unpaired) electrons. The Hall–Kier alpha value is -3.29. The van der Waals surface area contributed by atoms with Crippen LogP contribution in [0.2, 0.25) is 0 Å². The van der Waals surface area contributed by atoms with E-state index in [9.17, 15) is 4.79 Å². The zero-order valence-corrected chi connectivity index (χ0v) is 15.5. The van der Waals surface area contributed by atoms with E-state index in [2.05, 4.69) is 25.4 Å². The molecule has 140 valence electrons. The van der Waals surface area contributed by atoms with Gasteiger partial charge in [0.1, 0.15) is 5.75 Å². The van der Waals surface area contributed by atoms with Gasteiger partial charge in [-0.2, -0.15) is 4.98 Å². The van der Waals surface area contributed by atoms with E-state index in [-0.39, 0.29) is 17.7 Å². The lowest BCUT2D eigenvalue weighted by molar-refractivity contribution is -0.116. The maximum Gasteiger partial charge on any atom is 0.237 e. The quantitative estimate of drug-likeness (QED) is 0.711. The number of amides is 1. The van der Waals surface area contributed by atoms with Crippen LogP contribution in [0.4, 0.5) is 5.69 Å². The van der Waals surface area contributed by atoms with Crippen LogP contribution in [0.25, 0.3) is 0 Å². The number of nitrogens with one attached hydrogen (secondary N) is 1. The Labute approximate surface area is 157 Å². The van der Waals surface area contributed by atoms with Crippen molar-refractivity contribution in [2.45, 2.75) is 39.0 Å². The van der Waals surface area contributed by atoms with E-state index in [1.165, 1.54) is 6.20 Å². The Morgan fingerprint density at radius 2 is 1.96 bits per heavy atom. The van der Waals surface area contributed by atoms with Gasteiger partial charge in [0.2, 0.25) is 17.7 Å². The zero-order chi connectivity index (χ0) is 19.3. The number of nitrogens with zero attached hydrogens (tertiary/aromatic N) is 4. The van der Waals surface area contributed by atoms with Crippen LogP contribution >= 0.6 is 0 Å². The van der Waals surface area contributed by atoms with Gasteiger partial charge in [0.05, 0.1) is 6.20 Å². The molecule has 8 nitrogen and oxygen atoms in total. The fourth-order valence-corrected chi connectivity index (χ4v) is 2.17. The number of carbonyl (C=O) groups excluding carboxylic acids is 1. The van der Waals surface area contributed by atoms with E-state index in [0.717, 1.165) is 0 Å². The first kappa shape index (κ1) is 18.5. The standard InChI is InChI=1S/C19H21N5O3/c1-19(2,3)18-23-16(27-24-18)9-8-15(25)22-13-4-6-14(7-5-13)26-17-12-20-10-11-21-17/h4-7,10-12H,8-9H2,1-3H3,(H,22,25). The molecule has 1 aromatic carbocycles. The molecule has 0 fully saturated rings. The molecule has 2 aromatic heterocycles. The summed E-state index contributed by atoms with van der Waals surface area (Å²) in [5.74, 6) is 1.98. The molecule has 1 amide bonds. The number of aryl methyl sites for hydroxylation is 1. The van der Waals surface area contributed by atoms with Crippen molar-refractivity contribution in [1.82, 2.24) is 20.1 Å². The Kier molecular flexibility index (Phi) is 5.44. The molecule has 0 bridgehead atoms. The predicted octanol–water partition coefficient (Wildman–Crippen LogP) is 3.52. The van der Waals surface area contributed by atoms with Crippen LogP contribution in [0.15, 0.2) is 47.4 Å². The lowest BCUT2D eigenvalue weighted by atomic mass is 9.96. The summed E-state index contributed by atoms with van der Waals surface area (Å²) in [5, 5.41) is 6.78. The number of carbonyl (C=O) groups is 1. The third-order valence-corrected chi connectivity index (χ3v) is 3.60. The van der Waals surface area contributed by atoms with Crippen LogP contribution in [-0.2, 0) is 16.6 Å². The summed E-state index contributed by atoms with van der Waals surface area (Å²) in [7, 11) is 0. The molecule has 0 aliphatic carbocycles. The van der Waals surface area contributed by atoms with Gasteiger partial charge in [-0.05, 0) is 24.3 Å². The highest BCUT2D eigenvalue weighted by Gasteiger charge is 2.21. The van der Waals surface area contributed by atoms with E-state index < -0.39 is 0 Å². The molecule has 1 N–H and O–H groups in total. The van der Waals surface area contributed by atoms with Crippen LogP contribution in [-0.4, -0.2) is 26.0 Å². The highest BCUT2D eigenvalue weighted by Crippen LogP contribution is 2.21. The van der Waals surface area contributed by atoms with Gasteiger partial charge in [0.15, 0.2) is 5.82 Å². The van der Waals surface area contributed by atoms with Gasteiger partial charge < -0.3 is 14.6 Å². The summed E-state index contributed by atoms with van der Waals surface area (Å²) in [6, 6.07) is 7.01. The summed E-state index contributed by atoms with van der Waals surface area (Å²) in [4.78, 5) is 24.4. The smallest absolute Gasteiger partial charge is 0.237 e. The molecule has 0 aliphatic rings. The van der Waals surface area contributed by atoms with Gasteiger partial charge in [-0.3, -0.25) is 9.78 Å². The number of hydrogen-bond donors (Lipinski definition) is 1. The van der Waals surface area contributed by atoms with Crippen molar-refractivity contribution >= 4 is 11.6 Å². The Bertz CT molecular complexity index is 886. The molecule has 27 heavy (non-hydrogen) atoms. The van der Waals surface area contributed by atoms with Crippen molar-refractivity contribution in [3.8, 4) is 11.6 Å². The minimum Gasteiger partial charge on any atom is -0.438 e. The summed E-state index contributed by atoms with van der Waals surface area (Å²) in [5.41, 5.74) is 0.492. The van der Waals surface area contributed by atoms with Crippen molar-refractivity contribution in [3.05, 3.63) is 54.6 Å². The third kappa shape index (κ3) is 5.34. The van der Waals surface area contributed by atoms with E-state index >= 15 is 0 Å². The highest BCUT2D eigenvalue weighted by atomic mass is 16.5. The zero-order valence-electron chi connectivity index (χ0n) is 15.5. The fraction of sp³-hybridized carbons (Fsp3) is 0.316. The number of hydrogen-bond acceptors (Lipinski definition) is 7. The first-order valence-corrected chi connectivity index (χ1v) is 8.57. The Morgan fingerprint density at radius 1 is 1.19 bits per heavy atom. The molecule has 0 aliphatic heterocycles. The third-order valence-electron chi connectivity index (χ3n) is 3.60. The van der Waals surface area contributed by atoms with Crippen LogP contribution in [0, 0.1) is 0 Å². The van der Waals surface area contributed by atoms with Gasteiger partial charge in [0, 0.05) is 36.3 Å². The van der Waals surface area contributed by atoms with E-state index in [1.54, 1.807) is 36.7 Å². The summed E-state index contributed by atoms with van der Waals surface area (Å²) >= 11 is 0. The molecular formula is C19H21N5O3. The number of benzene rings is 1. The molecule has 8 heteroatoms. The number of ether oxygens (including phenoxy) is 1. The normalized spacial score (nSPS) is 11.2. The second-order valence-corrected chi connectivity index (χ2v) is 6.98. The lowest BCUT2D eigenvalue weighted by Crippen LogP contribution is -2.14. The average molecular weight is 367 g/mol. The van der Waals surface area contributed by atoms with E-state index in [4.69, 9.17) is 9.26 Å². The highest BCUT2D eigenvalue weighted by molar-refractivity contribution is 5.90. The molecule has 0 saturated heterocycles. The minimum atomic E-state index is -0.181. The molecule has 3 rings (SSSR count). The van der Waals surface area contributed by atoms with Crippen molar-refractivity contribution in [2.75, 3.05) is 5.32 Å². The topological polar surface area (TPSA) is 103 Å². The summed E-state index contributed by atoms with van der Waals surface area (Å²) in [6.45, 7) is 6.02. The monoisotopic (exact) mass is 367 g/mol.